The minimum Gasteiger partial charge on any atom is -0.410 e. The molecule has 3 fully saturated rings. The maximum absolute atomic E-state index is 13.5. The number of hydrogen-bond acceptors (Lipinski definition) is 23. The zero-order valence-corrected chi connectivity index (χ0v) is 47.8. The average Bonchev–Trinajstić information content (AvgIpc) is 3.43. The second kappa shape index (κ2) is 38.3. The SMILES string of the molecule is CC1[C@H](OCCCNC(=O)CCOCC(COCCC(=O)NCCCO[C@@H]2OC(CO)[C@H](O)[C@H](O)C2C)(COCCC(=O)NCCCO[C@@H]2OC(CO)[C@H](O)[C@H](O)C2C)NC(=O)CCCC(=O)OP(F)P)OC(CO)[C@H](O)[C@@H]1C. The summed E-state index contributed by atoms with van der Waals surface area (Å²) in [7, 11) is -0.783. The van der Waals surface area contributed by atoms with E-state index < -0.39 is 118 Å². The number of amides is 4. The molecule has 79 heavy (non-hydrogen) atoms. The number of aliphatic hydroxyl groups excluding tert-OH is 8. The number of nitrogens with one attached hydrogen (secondary N) is 4. The Morgan fingerprint density at radius 1 is 0.494 bits per heavy atom. The number of hydrogen-bond donors (Lipinski definition) is 12. The summed E-state index contributed by atoms with van der Waals surface area (Å²) in [5, 5.41) is 90.8. The molecule has 30 heteroatoms. The highest BCUT2D eigenvalue weighted by atomic mass is 32.0. The van der Waals surface area contributed by atoms with Crippen molar-refractivity contribution in [1.82, 2.24) is 21.3 Å². The van der Waals surface area contributed by atoms with Crippen molar-refractivity contribution in [1.29, 1.82) is 0 Å². The number of halogens is 1. The fourth-order valence-corrected chi connectivity index (χ4v) is 9.26. The summed E-state index contributed by atoms with van der Waals surface area (Å²) in [6.07, 6.45) is -10.7. The van der Waals surface area contributed by atoms with E-state index in [2.05, 4.69) is 25.8 Å². The Hall–Kier alpha value is -2.54. The standard InChI is InChI=1S/C49H89FN4O23P2/c1-29-30(2)46(74-33(23-55)41(29)63)71-17-6-14-51-36(58)11-20-68-26-49(54-39(61)9-5-10-40(62)77-79(50)78,27-69-21-12-37(59)52-15-7-18-72-47-31(3)42(64)44(66)34(24-56)75-47)28-70-22-13-38(60)53-16-8-19-73-48-32(4)43(65)45(67)35(25-57)76-48/h29-35,41-48,55-57,63-67H,5-28,78H2,1-4H3,(H,51,58)(H,52,59)(H,53,60)(H,54,61)/t29-,30?,31?,32?,33?,34?,35?,41-,42-,43-,44+,45+,46-,47-,48-,49?,79?/m1/s1. The van der Waals surface area contributed by atoms with E-state index in [1.54, 1.807) is 22.8 Å². The summed E-state index contributed by atoms with van der Waals surface area (Å²) in [5.74, 6) is -4.05. The molecule has 0 aromatic heterocycles. The fourth-order valence-electron chi connectivity index (χ4n) is 8.63. The monoisotopic (exact) mass is 1180 g/mol. The third kappa shape index (κ3) is 25.5. The predicted molar refractivity (Wildman–Crippen MR) is 280 cm³/mol. The van der Waals surface area contributed by atoms with Gasteiger partial charge in [0.1, 0.15) is 36.1 Å². The molecule has 3 aliphatic rings. The lowest BCUT2D eigenvalue weighted by molar-refractivity contribution is -0.282. The maximum atomic E-state index is 13.5. The van der Waals surface area contributed by atoms with E-state index in [0.29, 0.717) is 19.3 Å². The van der Waals surface area contributed by atoms with E-state index in [0.717, 1.165) is 0 Å². The van der Waals surface area contributed by atoms with E-state index in [1.165, 1.54) is 0 Å². The van der Waals surface area contributed by atoms with Crippen LogP contribution in [0.3, 0.4) is 0 Å². The molecule has 0 aromatic rings. The van der Waals surface area contributed by atoms with Gasteiger partial charge in [0.05, 0.1) is 97.6 Å². The molecule has 17 atom stereocenters. The molecule has 12 N–H and O–H groups in total. The van der Waals surface area contributed by atoms with Crippen LogP contribution >= 0.6 is 17.1 Å². The molecule has 460 valence electrons. The van der Waals surface area contributed by atoms with Gasteiger partial charge >= 0.3 is 5.97 Å². The molecular weight excluding hydrogens is 1090 g/mol. The summed E-state index contributed by atoms with van der Waals surface area (Å²) in [6, 6.07) is 0. The van der Waals surface area contributed by atoms with Crippen LogP contribution in [0.25, 0.3) is 0 Å². The van der Waals surface area contributed by atoms with Crippen LogP contribution in [0.1, 0.15) is 85.5 Å². The first kappa shape index (κ1) is 70.7. The number of carbonyl (C=O) groups excluding carboxylic acids is 5. The predicted octanol–water partition coefficient (Wildman–Crippen LogP) is -2.08. The molecular formula is C49H89FN4O23P2. The van der Waals surface area contributed by atoms with Crippen LogP contribution in [-0.4, -0.2) is 243 Å². The van der Waals surface area contributed by atoms with E-state index in [4.69, 9.17) is 42.6 Å². The van der Waals surface area contributed by atoms with E-state index in [-0.39, 0.29) is 154 Å². The van der Waals surface area contributed by atoms with Crippen LogP contribution in [0.5, 0.6) is 0 Å². The van der Waals surface area contributed by atoms with E-state index in [1.807, 2.05) is 13.8 Å². The van der Waals surface area contributed by atoms with Crippen molar-refractivity contribution in [3.63, 3.8) is 0 Å². The summed E-state index contributed by atoms with van der Waals surface area (Å²) >= 11 is 0. The molecule has 0 aromatic carbocycles. The van der Waals surface area contributed by atoms with Crippen LogP contribution in [0.4, 0.5) is 4.20 Å². The normalized spacial score (nSPS) is 30.2. The highest BCUT2D eigenvalue weighted by Crippen LogP contribution is 2.47. The topological polar surface area (TPSA) is 388 Å². The lowest BCUT2D eigenvalue weighted by atomic mass is 9.85. The first-order valence-electron chi connectivity index (χ1n) is 27.0. The smallest absolute Gasteiger partial charge is 0.310 e. The lowest BCUT2D eigenvalue weighted by Crippen LogP contribution is -2.58. The van der Waals surface area contributed by atoms with Crippen LogP contribution in [0.15, 0.2) is 0 Å². The average molecular weight is 1180 g/mol. The highest BCUT2D eigenvalue weighted by Gasteiger charge is 2.44. The summed E-state index contributed by atoms with van der Waals surface area (Å²) in [5.41, 5.74) is -1.49. The number of carbonyl (C=O) groups is 5. The van der Waals surface area contributed by atoms with Crippen LogP contribution in [-0.2, 0) is 71.1 Å². The van der Waals surface area contributed by atoms with Gasteiger partial charge in [0, 0.05) is 69.5 Å². The Bertz CT molecular complexity index is 1610. The van der Waals surface area contributed by atoms with Crippen molar-refractivity contribution in [3.05, 3.63) is 0 Å². The van der Waals surface area contributed by atoms with Gasteiger partial charge in [-0.15, -0.1) is 0 Å². The first-order chi connectivity index (χ1) is 37.7. The molecule has 0 bridgehead atoms. The second-order valence-corrected chi connectivity index (χ2v) is 22.1. The van der Waals surface area contributed by atoms with Crippen molar-refractivity contribution in [2.75, 3.05) is 98.9 Å². The molecule has 3 aliphatic heterocycles. The molecule has 8 unspecified atom stereocenters. The van der Waals surface area contributed by atoms with Gasteiger partial charge in [-0.2, -0.15) is 4.20 Å². The molecule has 3 heterocycles. The molecule has 0 radical (unpaired) electrons. The van der Waals surface area contributed by atoms with Gasteiger partial charge < -0.3 is 109 Å². The zero-order chi connectivity index (χ0) is 58.5. The zero-order valence-electron chi connectivity index (χ0n) is 45.7. The van der Waals surface area contributed by atoms with Gasteiger partial charge in [0.25, 0.3) is 8.15 Å². The molecule has 4 amide bonds. The fraction of sp³-hybridized carbons (Fsp3) is 0.898. The largest absolute Gasteiger partial charge is 0.410 e. The van der Waals surface area contributed by atoms with Gasteiger partial charge in [-0.1, -0.05) is 27.7 Å². The van der Waals surface area contributed by atoms with Crippen molar-refractivity contribution >= 4 is 46.7 Å². The summed E-state index contributed by atoms with van der Waals surface area (Å²) in [6.45, 7) is 5.39. The Morgan fingerprint density at radius 3 is 1.23 bits per heavy atom. The molecule has 27 nitrogen and oxygen atoms in total. The van der Waals surface area contributed by atoms with E-state index in [9.17, 15) is 69.0 Å². The van der Waals surface area contributed by atoms with Crippen molar-refractivity contribution in [2.24, 2.45) is 23.7 Å². The molecule has 0 spiro atoms. The summed E-state index contributed by atoms with van der Waals surface area (Å²) in [4.78, 5) is 64.0. The Morgan fingerprint density at radius 2 is 0.861 bits per heavy atom. The molecule has 0 saturated carbocycles. The van der Waals surface area contributed by atoms with Crippen molar-refractivity contribution < 1.29 is 116 Å². The lowest BCUT2D eigenvalue weighted by Gasteiger charge is -2.41. The number of rotatable bonds is 39. The Labute approximate surface area is 464 Å². The van der Waals surface area contributed by atoms with Gasteiger partial charge in [0.15, 0.2) is 18.9 Å². The maximum Gasteiger partial charge on any atom is 0.310 e. The van der Waals surface area contributed by atoms with Gasteiger partial charge in [-0.25, -0.2) is 0 Å². The van der Waals surface area contributed by atoms with Crippen LogP contribution in [0, 0.1) is 23.7 Å². The van der Waals surface area contributed by atoms with Gasteiger partial charge in [0.2, 0.25) is 23.6 Å². The third-order valence-corrected chi connectivity index (χ3v) is 14.4. The molecule has 0 aliphatic carbocycles. The van der Waals surface area contributed by atoms with E-state index >= 15 is 0 Å². The number of ether oxygens (including phenoxy) is 9. The van der Waals surface area contributed by atoms with Crippen LogP contribution < -0.4 is 21.3 Å². The highest BCUT2D eigenvalue weighted by molar-refractivity contribution is 8.08. The van der Waals surface area contributed by atoms with Crippen molar-refractivity contribution in [3.8, 4) is 0 Å². The Kier molecular flexibility index (Phi) is 34.3. The Balaban J connectivity index is 1.58. The van der Waals surface area contributed by atoms with Gasteiger partial charge in [-0.3, -0.25) is 24.0 Å². The molecule has 3 rings (SSSR count). The third-order valence-electron chi connectivity index (χ3n) is 13.8. The minimum atomic E-state index is -2.53. The second-order valence-electron chi connectivity index (χ2n) is 20.1. The molecule has 3 saturated heterocycles. The quantitative estimate of drug-likeness (QED) is 0.0232. The first-order valence-corrected chi connectivity index (χ1v) is 29.7. The van der Waals surface area contributed by atoms with Gasteiger partial charge in [-0.05, 0) is 40.5 Å². The van der Waals surface area contributed by atoms with Crippen LogP contribution in [0.2, 0.25) is 0 Å². The van der Waals surface area contributed by atoms with Crippen molar-refractivity contribution in [2.45, 2.75) is 159 Å². The summed E-state index contributed by atoms with van der Waals surface area (Å²) < 4.78 is 69.8. The minimum absolute atomic E-state index is 0.0150. The number of aliphatic hydroxyl groups is 8.